The van der Waals surface area contributed by atoms with Crippen molar-refractivity contribution in [3.05, 3.63) is 95.3 Å². The molecule has 1 aliphatic heterocycles. The van der Waals surface area contributed by atoms with Crippen molar-refractivity contribution in [3.8, 4) is 0 Å². The standard InChI is InChI=1S/C22H22FN3/c23-18-7-3-6-17(14-18)15-19-9-4-10-21(25-19)22-11-5-13-26(22)16-20-8-1-2-12-24-20/h1-4,6-10,12,14,22H,5,11,13,15-16H2/t22-/m0/s1. The van der Waals surface area contributed by atoms with E-state index in [2.05, 4.69) is 28.1 Å². The first kappa shape index (κ1) is 16.9. The molecule has 1 aromatic carbocycles. The van der Waals surface area contributed by atoms with Crippen LogP contribution in [0.15, 0.2) is 66.9 Å². The maximum Gasteiger partial charge on any atom is 0.123 e. The molecule has 2 aromatic heterocycles. The average molecular weight is 347 g/mol. The zero-order chi connectivity index (χ0) is 17.8. The highest BCUT2D eigenvalue weighted by atomic mass is 19.1. The highest BCUT2D eigenvalue weighted by Gasteiger charge is 2.27. The monoisotopic (exact) mass is 347 g/mol. The molecule has 132 valence electrons. The molecule has 0 unspecified atom stereocenters. The third-order valence-corrected chi connectivity index (χ3v) is 4.90. The average Bonchev–Trinajstić information content (AvgIpc) is 3.11. The van der Waals surface area contributed by atoms with Crippen molar-refractivity contribution in [2.45, 2.75) is 31.8 Å². The van der Waals surface area contributed by atoms with Crippen molar-refractivity contribution in [1.82, 2.24) is 14.9 Å². The van der Waals surface area contributed by atoms with E-state index in [1.54, 1.807) is 12.1 Å². The van der Waals surface area contributed by atoms with E-state index in [0.717, 1.165) is 42.2 Å². The fourth-order valence-corrected chi connectivity index (χ4v) is 3.69. The molecule has 4 heteroatoms. The fraction of sp³-hybridized carbons (Fsp3) is 0.273. The molecular weight excluding hydrogens is 325 g/mol. The van der Waals surface area contributed by atoms with E-state index in [-0.39, 0.29) is 5.82 Å². The van der Waals surface area contributed by atoms with E-state index in [1.807, 2.05) is 30.5 Å². The highest BCUT2D eigenvalue weighted by Crippen LogP contribution is 2.32. The van der Waals surface area contributed by atoms with E-state index >= 15 is 0 Å². The van der Waals surface area contributed by atoms with Crippen molar-refractivity contribution >= 4 is 0 Å². The Morgan fingerprint density at radius 3 is 2.73 bits per heavy atom. The van der Waals surface area contributed by atoms with Crippen LogP contribution in [-0.2, 0) is 13.0 Å². The zero-order valence-corrected chi connectivity index (χ0v) is 14.7. The summed E-state index contributed by atoms with van der Waals surface area (Å²) in [7, 11) is 0. The number of rotatable bonds is 5. The van der Waals surface area contributed by atoms with Crippen LogP contribution < -0.4 is 0 Å². The maximum atomic E-state index is 13.4. The van der Waals surface area contributed by atoms with Gasteiger partial charge >= 0.3 is 0 Å². The topological polar surface area (TPSA) is 29.0 Å². The summed E-state index contributed by atoms with van der Waals surface area (Å²) in [5.74, 6) is -0.198. The lowest BCUT2D eigenvalue weighted by atomic mass is 10.1. The number of benzene rings is 1. The SMILES string of the molecule is Fc1cccc(Cc2cccc([C@@H]3CCCN3Cc3ccccn3)n2)c1. The van der Waals surface area contributed by atoms with Gasteiger partial charge in [0.15, 0.2) is 0 Å². The lowest BCUT2D eigenvalue weighted by Gasteiger charge is -2.24. The minimum atomic E-state index is -0.198. The molecule has 0 aliphatic carbocycles. The van der Waals surface area contributed by atoms with Gasteiger partial charge in [0.2, 0.25) is 0 Å². The Labute approximate surface area is 153 Å². The van der Waals surface area contributed by atoms with Crippen LogP contribution in [0.1, 0.15) is 41.5 Å². The quantitative estimate of drug-likeness (QED) is 0.678. The van der Waals surface area contributed by atoms with E-state index in [1.165, 1.54) is 12.5 Å². The Kier molecular flexibility index (Phi) is 5.02. The minimum Gasteiger partial charge on any atom is -0.289 e. The second-order valence-corrected chi connectivity index (χ2v) is 6.81. The van der Waals surface area contributed by atoms with E-state index in [9.17, 15) is 4.39 Å². The summed E-state index contributed by atoms with van der Waals surface area (Å²) in [6, 6.07) is 19.3. The van der Waals surface area contributed by atoms with Crippen molar-refractivity contribution < 1.29 is 4.39 Å². The Bertz CT molecular complexity index is 866. The van der Waals surface area contributed by atoms with Crippen LogP contribution in [0.2, 0.25) is 0 Å². The van der Waals surface area contributed by atoms with Gasteiger partial charge in [0, 0.05) is 24.9 Å². The van der Waals surface area contributed by atoms with Crippen LogP contribution in [-0.4, -0.2) is 21.4 Å². The van der Waals surface area contributed by atoms with Crippen LogP contribution in [0, 0.1) is 5.82 Å². The number of hydrogen-bond acceptors (Lipinski definition) is 3. The van der Waals surface area contributed by atoms with Crippen LogP contribution in [0.25, 0.3) is 0 Å². The number of pyridine rings is 2. The Balaban J connectivity index is 1.51. The summed E-state index contributed by atoms with van der Waals surface area (Å²) in [5.41, 5.74) is 4.13. The van der Waals surface area contributed by atoms with Gasteiger partial charge in [0.05, 0.1) is 17.4 Å². The van der Waals surface area contributed by atoms with Gasteiger partial charge in [0.1, 0.15) is 5.82 Å². The van der Waals surface area contributed by atoms with Crippen molar-refractivity contribution in [2.75, 3.05) is 6.54 Å². The molecule has 0 bridgehead atoms. The number of likely N-dealkylation sites (tertiary alicyclic amines) is 1. The zero-order valence-electron chi connectivity index (χ0n) is 14.7. The first-order valence-electron chi connectivity index (χ1n) is 9.12. The van der Waals surface area contributed by atoms with Gasteiger partial charge in [-0.2, -0.15) is 0 Å². The minimum absolute atomic E-state index is 0.198. The summed E-state index contributed by atoms with van der Waals surface area (Å²) in [4.78, 5) is 11.8. The molecular formula is C22H22FN3. The summed E-state index contributed by atoms with van der Waals surface area (Å²) in [5, 5.41) is 0. The van der Waals surface area contributed by atoms with E-state index < -0.39 is 0 Å². The number of halogens is 1. The second kappa shape index (κ2) is 7.75. The lowest BCUT2D eigenvalue weighted by molar-refractivity contribution is 0.241. The molecule has 26 heavy (non-hydrogen) atoms. The Morgan fingerprint density at radius 2 is 1.88 bits per heavy atom. The molecule has 3 heterocycles. The van der Waals surface area contributed by atoms with Crippen LogP contribution >= 0.6 is 0 Å². The summed E-state index contributed by atoms with van der Waals surface area (Å²) < 4.78 is 13.4. The summed E-state index contributed by atoms with van der Waals surface area (Å²) in [6.45, 7) is 1.92. The third kappa shape index (κ3) is 3.97. The number of nitrogens with zero attached hydrogens (tertiary/aromatic N) is 3. The number of aromatic nitrogens is 2. The van der Waals surface area contributed by atoms with Crippen molar-refractivity contribution in [1.29, 1.82) is 0 Å². The van der Waals surface area contributed by atoms with E-state index in [4.69, 9.17) is 4.98 Å². The first-order chi connectivity index (χ1) is 12.8. The van der Waals surface area contributed by atoms with Gasteiger partial charge < -0.3 is 0 Å². The van der Waals surface area contributed by atoms with Gasteiger partial charge in [-0.05, 0) is 61.3 Å². The number of hydrogen-bond donors (Lipinski definition) is 0. The molecule has 1 fully saturated rings. The predicted octanol–water partition coefficient (Wildman–Crippen LogP) is 4.54. The normalized spacial score (nSPS) is 17.5. The molecule has 4 rings (SSSR count). The molecule has 1 atom stereocenters. The Morgan fingerprint density at radius 1 is 1.00 bits per heavy atom. The molecule has 0 N–H and O–H groups in total. The third-order valence-electron chi connectivity index (χ3n) is 4.90. The summed E-state index contributed by atoms with van der Waals surface area (Å²) >= 11 is 0. The lowest BCUT2D eigenvalue weighted by Crippen LogP contribution is -2.24. The van der Waals surface area contributed by atoms with Gasteiger partial charge in [-0.25, -0.2) is 4.39 Å². The molecule has 0 saturated carbocycles. The largest absolute Gasteiger partial charge is 0.289 e. The van der Waals surface area contributed by atoms with Crippen LogP contribution in [0.5, 0.6) is 0 Å². The van der Waals surface area contributed by atoms with Gasteiger partial charge in [-0.15, -0.1) is 0 Å². The molecule has 0 radical (unpaired) electrons. The van der Waals surface area contributed by atoms with Crippen molar-refractivity contribution in [2.24, 2.45) is 0 Å². The van der Waals surface area contributed by atoms with Crippen molar-refractivity contribution in [3.63, 3.8) is 0 Å². The maximum absolute atomic E-state index is 13.4. The fourth-order valence-electron chi connectivity index (χ4n) is 3.69. The molecule has 1 aliphatic rings. The molecule has 3 aromatic rings. The molecule has 1 saturated heterocycles. The first-order valence-corrected chi connectivity index (χ1v) is 9.12. The van der Waals surface area contributed by atoms with Gasteiger partial charge in [0.25, 0.3) is 0 Å². The van der Waals surface area contributed by atoms with Crippen LogP contribution in [0.4, 0.5) is 4.39 Å². The van der Waals surface area contributed by atoms with Gasteiger partial charge in [-0.3, -0.25) is 14.9 Å². The van der Waals surface area contributed by atoms with E-state index in [0.29, 0.717) is 12.5 Å². The van der Waals surface area contributed by atoms with Crippen LogP contribution in [0.3, 0.4) is 0 Å². The molecule has 3 nitrogen and oxygen atoms in total. The second-order valence-electron chi connectivity index (χ2n) is 6.81. The highest BCUT2D eigenvalue weighted by molar-refractivity contribution is 5.24. The van der Waals surface area contributed by atoms with Gasteiger partial charge in [-0.1, -0.05) is 24.3 Å². The molecule has 0 spiro atoms. The Hall–Kier alpha value is -2.59. The predicted molar refractivity (Wildman–Crippen MR) is 100 cm³/mol. The molecule has 0 amide bonds. The smallest absolute Gasteiger partial charge is 0.123 e. The summed E-state index contributed by atoms with van der Waals surface area (Å²) in [6.07, 6.45) is 4.79.